The topological polar surface area (TPSA) is 71.3 Å². The summed E-state index contributed by atoms with van der Waals surface area (Å²) in [6, 6.07) is 10.7. The second-order valence-electron chi connectivity index (χ2n) is 4.30. The maximum absolute atomic E-state index is 11.8. The molecule has 0 spiro atoms. The minimum Gasteiger partial charge on any atom is -0.459 e. The second-order valence-corrected chi connectivity index (χ2v) is 4.30. The van der Waals surface area contributed by atoms with E-state index in [9.17, 15) is 9.59 Å². The molecule has 20 heavy (non-hydrogen) atoms. The van der Waals surface area contributed by atoms with Crippen molar-refractivity contribution in [2.45, 2.75) is 12.8 Å². The molecule has 0 saturated heterocycles. The molecule has 1 aromatic heterocycles. The predicted molar refractivity (Wildman–Crippen MR) is 75.5 cm³/mol. The molecule has 0 bridgehead atoms. The Morgan fingerprint density at radius 2 is 1.90 bits per heavy atom. The monoisotopic (exact) mass is 272 g/mol. The number of hydrogen-bond acceptors (Lipinski definition) is 3. The summed E-state index contributed by atoms with van der Waals surface area (Å²) in [5, 5.41) is 5.32. The number of nitrogens with one attached hydrogen (secondary N) is 2. The van der Waals surface area contributed by atoms with Crippen LogP contribution in [0.3, 0.4) is 0 Å². The van der Waals surface area contributed by atoms with Gasteiger partial charge in [0.15, 0.2) is 5.76 Å². The average molecular weight is 272 g/mol. The second kappa shape index (κ2) is 6.56. The standard InChI is InChI=1S/C15H16N2O3/c1-16-14(18)9-6-11-4-7-12(8-5-11)17-15(19)13-3-2-10-20-13/h2-5,7-8,10H,6,9H2,1H3,(H,16,18)(H,17,19). The highest BCUT2D eigenvalue weighted by Crippen LogP contribution is 2.12. The van der Waals surface area contributed by atoms with Crippen molar-refractivity contribution in [3.63, 3.8) is 0 Å². The van der Waals surface area contributed by atoms with E-state index >= 15 is 0 Å². The number of amides is 2. The molecule has 0 saturated carbocycles. The van der Waals surface area contributed by atoms with E-state index in [4.69, 9.17) is 4.42 Å². The van der Waals surface area contributed by atoms with Crippen molar-refractivity contribution >= 4 is 17.5 Å². The van der Waals surface area contributed by atoms with Crippen LogP contribution in [0.4, 0.5) is 5.69 Å². The van der Waals surface area contributed by atoms with E-state index in [-0.39, 0.29) is 17.6 Å². The van der Waals surface area contributed by atoms with Crippen LogP contribution >= 0.6 is 0 Å². The molecule has 0 radical (unpaired) electrons. The Morgan fingerprint density at radius 3 is 2.50 bits per heavy atom. The zero-order valence-electron chi connectivity index (χ0n) is 11.2. The largest absolute Gasteiger partial charge is 0.459 e. The maximum Gasteiger partial charge on any atom is 0.291 e. The van der Waals surface area contributed by atoms with Crippen molar-refractivity contribution in [2.24, 2.45) is 0 Å². The van der Waals surface area contributed by atoms with Gasteiger partial charge in [-0.3, -0.25) is 9.59 Å². The van der Waals surface area contributed by atoms with Gasteiger partial charge in [-0.15, -0.1) is 0 Å². The fraction of sp³-hybridized carbons (Fsp3) is 0.200. The number of anilines is 1. The molecule has 2 aromatic rings. The highest BCUT2D eigenvalue weighted by atomic mass is 16.3. The lowest BCUT2D eigenvalue weighted by atomic mass is 10.1. The molecule has 0 aliphatic carbocycles. The molecule has 1 heterocycles. The van der Waals surface area contributed by atoms with Gasteiger partial charge in [-0.25, -0.2) is 0 Å². The Labute approximate surface area is 117 Å². The number of rotatable bonds is 5. The van der Waals surface area contributed by atoms with Gasteiger partial charge in [-0.2, -0.15) is 0 Å². The van der Waals surface area contributed by atoms with Crippen LogP contribution in [-0.4, -0.2) is 18.9 Å². The first-order valence-corrected chi connectivity index (χ1v) is 6.33. The van der Waals surface area contributed by atoms with Crippen LogP contribution in [0.25, 0.3) is 0 Å². The quantitative estimate of drug-likeness (QED) is 0.876. The third kappa shape index (κ3) is 3.71. The highest BCUT2D eigenvalue weighted by Gasteiger charge is 2.08. The van der Waals surface area contributed by atoms with E-state index in [0.29, 0.717) is 18.5 Å². The number of carbonyl (C=O) groups is 2. The number of hydrogen-bond donors (Lipinski definition) is 2. The SMILES string of the molecule is CNC(=O)CCc1ccc(NC(=O)c2ccco2)cc1. The lowest BCUT2D eigenvalue weighted by molar-refractivity contribution is -0.120. The lowest BCUT2D eigenvalue weighted by Gasteiger charge is -2.05. The molecular formula is C15H16N2O3. The minimum atomic E-state index is -0.284. The summed E-state index contributed by atoms with van der Waals surface area (Å²) in [5.41, 5.74) is 1.74. The molecule has 1 aromatic carbocycles. The van der Waals surface area contributed by atoms with E-state index < -0.39 is 0 Å². The van der Waals surface area contributed by atoms with Crippen molar-refractivity contribution in [1.29, 1.82) is 0 Å². The van der Waals surface area contributed by atoms with Crippen LogP contribution in [0.5, 0.6) is 0 Å². The summed E-state index contributed by atoms with van der Waals surface area (Å²) < 4.78 is 5.01. The maximum atomic E-state index is 11.8. The molecule has 104 valence electrons. The molecule has 0 aliphatic heterocycles. The van der Waals surface area contributed by atoms with Crippen LogP contribution in [0.2, 0.25) is 0 Å². The molecule has 0 aliphatic rings. The van der Waals surface area contributed by atoms with Crippen molar-refractivity contribution in [1.82, 2.24) is 5.32 Å². The van der Waals surface area contributed by atoms with Gasteiger partial charge < -0.3 is 15.1 Å². The smallest absolute Gasteiger partial charge is 0.291 e. The van der Waals surface area contributed by atoms with E-state index in [0.717, 1.165) is 5.56 Å². The Hall–Kier alpha value is -2.56. The zero-order chi connectivity index (χ0) is 14.4. The summed E-state index contributed by atoms with van der Waals surface area (Å²) in [7, 11) is 1.62. The van der Waals surface area contributed by atoms with E-state index in [2.05, 4.69) is 10.6 Å². The lowest BCUT2D eigenvalue weighted by Crippen LogP contribution is -2.17. The van der Waals surface area contributed by atoms with Gasteiger partial charge in [-0.05, 0) is 36.2 Å². The Balaban J connectivity index is 1.91. The molecule has 2 N–H and O–H groups in total. The molecule has 2 rings (SSSR count). The number of benzene rings is 1. The van der Waals surface area contributed by atoms with Crippen LogP contribution in [0.1, 0.15) is 22.5 Å². The van der Waals surface area contributed by atoms with Crippen molar-refractivity contribution in [3.8, 4) is 0 Å². The zero-order valence-corrected chi connectivity index (χ0v) is 11.2. The van der Waals surface area contributed by atoms with Gasteiger partial charge >= 0.3 is 0 Å². The first kappa shape index (κ1) is 13.9. The van der Waals surface area contributed by atoms with Gasteiger partial charge in [0.1, 0.15) is 0 Å². The van der Waals surface area contributed by atoms with Crippen LogP contribution in [0.15, 0.2) is 47.1 Å². The van der Waals surface area contributed by atoms with Crippen molar-refractivity contribution < 1.29 is 14.0 Å². The molecule has 2 amide bonds. The third-order valence-corrected chi connectivity index (χ3v) is 2.88. The number of aryl methyl sites for hydroxylation is 1. The molecule has 5 nitrogen and oxygen atoms in total. The summed E-state index contributed by atoms with van der Waals surface area (Å²) in [5.74, 6) is 0.00185. The number of carbonyl (C=O) groups excluding carboxylic acids is 2. The highest BCUT2D eigenvalue weighted by molar-refractivity contribution is 6.02. The van der Waals surface area contributed by atoms with Gasteiger partial charge in [0, 0.05) is 19.2 Å². The minimum absolute atomic E-state index is 0.0141. The van der Waals surface area contributed by atoms with Crippen LogP contribution in [0, 0.1) is 0 Å². The molecule has 0 fully saturated rings. The summed E-state index contributed by atoms with van der Waals surface area (Å²) >= 11 is 0. The van der Waals surface area contributed by atoms with Gasteiger partial charge in [-0.1, -0.05) is 12.1 Å². The van der Waals surface area contributed by atoms with Crippen LogP contribution in [-0.2, 0) is 11.2 Å². The molecule has 0 unspecified atom stereocenters. The molecule has 5 heteroatoms. The van der Waals surface area contributed by atoms with E-state index in [1.165, 1.54) is 6.26 Å². The Bertz CT molecular complexity index is 574. The van der Waals surface area contributed by atoms with Crippen LogP contribution < -0.4 is 10.6 Å². The van der Waals surface area contributed by atoms with E-state index in [1.54, 1.807) is 31.3 Å². The predicted octanol–water partition coefficient (Wildman–Crippen LogP) is 2.21. The molecule has 0 atom stereocenters. The normalized spacial score (nSPS) is 10.1. The van der Waals surface area contributed by atoms with Crippen molar-refractivity contribution in [2.75, 3.05) is 12.4 Å². The summed E-state index contributed by atoms with van der Waals surface area (Å²) in [4.78, 5) is 22.9. The molecular weight excluding hydrogens is 256 g/mol. The van der Waals surface area contributed by atoms with Crippen molar-refractivity contribution in [3.05, 3.63) is 54.0 Å². The Morgan fingerprint density at radius 1 is 1.15 bits per heavy atom. The van der Waals surface area contributed by atoms with Gasteiger partial charge in [0.2, 0.25) is 5.91 Å². The van der Waals surface area contributed by atoms with Gasteiger partial charge in [0.05, 0.1) is 6.26 Å². The summed E-state index contributed by atoms with van der Waals surface area (Å²) in [6.45, 7) is 0. The first-order valence-electron chi connectivity index (χ1n) is 6.33. The number of furan rings is 1. The Kier molecular flexibility index (Phi) is 4.55. The fourth-order valence-electron chi connectivity index (χ4n) is 1.74. The first-order chi connectivity index (χ1) is 9.69. The fourth-order valence-corrected chi connectivity index (χ4v) is 1.74. The average Bonchev–Trinajstić information content (AvgIpc) is 3.00. The summed E-state index contributed by atoms with van der Waals surface area (Å²) in [6.07, 6.45) is 2.58. The van der Waals surface area contributed by atoms with E-state index in [1.807, 2.05) is 12.1 Å². The van der Waals surface area contributed by atoms with Gasteiger partial charge in [0.25, 0.3) is 5.91 Å². The third-order valence-electron chi connectivity index (χ3n) is 2.88.